The molecule has 0 aliphatic carbocycles. The summed E-state index contributed by atoms with van der Waals surface area (Å²) in [5.41, 5.74) is -0.859. The van der Waals surface area contributed by atoms with Crippen molar-refractivity contribution in [1.29, 1.82) is 0 Å². The first-order chi connectivity index (χ1) is 14.2. The van der Waals surface area contributed by atoms with E-state index in [4.69, 9.17) is 9.47 Å². The van der Waals surface area contributed by atoms with Crippen molar-refractivity contribution in [3.63, 3.8) is 0 Å². The first-order valence-electron chi connectivity index (χ1n) is 8.56. The van der Waals surface area contributed by atoms with Crippen LogP contribution in [-0.4, -0.2) is 36.3 Å². The van der Waals surface area contributed by atoms with Crippen LogP contribution < -0.4 is 5.32 Å². The molecule has 1 aromatic heterocycles. The molecular formula is C19H16F4N2O4S. The zero-order valence-corrected chi connectivity index (χ0v) is 16.4. The van der Waals surface area contributed by atoms with Gasteiger partial charge in [-0.1, -0.05) is 11.3 Å². The molecule has 11 heteroatoms. The molecule has 0 atom stereocenters. The average molecular weight is 444 g/mol. The molecule has 30 heavy (non-hydrogen) atoms. The Kier molecular flexibility index (Phi) is 6.54. The van der Waals surface area contributed by atoms with E-state index < -0.39 is 29.2 Å². The number of benzene rings is 2. The van der Waals surface area contributed by atoms with Gasteiger partial charge in [-0.05, 0) is 30.3 Å². The van der Waals surface area contributed by atoms with Crippen LogP contribution in [-0.2, 0) is 22.3 Å². The molecule has 0 saturated heterocycles. The average Bonchev–Trinajstić information content (AvgIpc) is 3.08. The number of fused-ring (bicyclic) bond motifs is 1. The molecule has 160 valence electrons. The zero-order valence-electron chi connectivity index (χ0n) is 15.5. The molecule has 1 amide bonds. The Morgan fingerprint density at radius 3 is 2.70 bits per heavy atom. The molecule has 0 fully saturated rings. The summed E-state index contributed by atoms with van der Waals surface area (Å²) in [5.74, 6) is -2.09. The topological polar surface area (TPSA) is 80.7 Å². The normalized spacial score (nSPS) is 11.8. The molecule has 0 spiro atoms. The van der Waals surface area contributed by atoms with Gasteiger partial charge >= 0.3 is 6.18 Å². The number of carbonyl (C=O) groups excluding carboxylic acids is 1. The maximum atomic E-state index is 13.9. The van der Waals surface area contributed by atoms with Gasteiger partial charge in [0.25, 0.3) is 5.91 Å². The summed E-state index contributed by atoms with van der Waals surface area (Å²) in [5, 5.41) is 12.7. The number of carbonyl (C=O) groups is 1. The van der Waals surface area contributed by atoms with Crippen molar-refractivity contribution in [2.75, 3.05) is 25.6 Å². The third kappa shape index (κ3) is 5.04. The largest absolute Gasteiger partial charge is 0.507 e. The van der Waals surface area contributed by atoms with Gasteiger partial charge in [-0.3, -0.25) is 10.1 Å². The highest BCUT2D eigenvalue weighted by atomic mass is 32.1. The van der Waals surface area contributed by atoms with Crippen LogP contribution in [0.4, 0.5) is 22.7 Å². The second kappa shape index (κ2) is 8.94. The van der Waals surface area contributed by atoms with Crippen LogP contribution in [0, 0.1) is 5.82 Å². The fourth-order valence-electron chi connectivity index (χ4n) is 2.58. The molecule has 0 aliphatic rings. The van der Waals surface area contributed by atoms with Gasteiger partial charge in [0.2, 0.25) is 0 Å². The summed E-state index contributed by atoms with van der Waals surface area (Å²) in [7, 11) is 1.48. The van der Waals surface area contributed by atoms with E-state index in [0.29, 0.717) is 6.61 Å². The Hall–Kier alpha value is -2.76. The van der Waals surface area contributed by atoms with Gasteiger partial charge in [0.1, 0.15) is 11.6 Å². The van der Waals surface area contributed by atoms with Crippen LogP contribution in [0.5, 0.6) is 5.75 Å². The number of hydrogen-bond acceptors (Lipinski definition) is 6. The van der Waals surface area contributed by atoms with Gasteiger partial charge in [-0.15, -0.1) is 0 Å². The van der Waals surface area contributed by atoms with E-state index in [-0.39, 0.29) is 39.7 Å². The molecule has 0 radical (unpaired) electrons. The minimum absolute atomic E-state index is 0.0101. The molecule has 2 aromatic carbocycles. The van der Waals surface area contributed by atoms with Gasteiger partial charge in [0.15, 0.2) is 5.13 Å². The number of thiazole rings is 1. The lowest BCUT2D eigenvalue weighted by atomic mass is 10.1. The Bertz CT molecular complexity index is 1070. The minimum atomic E-state index is -4.50. The molecular weight excluding hydrogens is 428 g/mol. The summed E-state index contributed by atoms with van der Waals surface area (Å²) in [6.45, 7) is 0.366. The van der Waals surface area contributed by atoms with E-state index in [1.54, 1.807) is 0 Å². The highest BCUT2D eigenvalue weighted by molar-refractivity contribution is 7.22. The van der Waals surface area contributed by atoms with Crippen molar-refractivity contribution in [3.05, 3.63) is 52.8 Å². The fourth-order valence-corrected chi connectivity index (χ4v) is 3.48. The standard InChI is InChI=1S/C19H16F4N2O4S/c1-28-4-5-29-9-10-6-12(20)8-13(16(10)26)17(27)25-18-24-14-3-2-11(19(21,22)23)7-15(14)30-18/h2-3,6-8,26H,4-5,9H2,1H3,(H,24,25,27). The lowest BCUT2D eigenvalue weighted by Gasteiger charge is -2.10. The summed E-state index contributed by atoms with van der Waals surface area (Å²) in [6, 6.07) is 4.90. The summed E-state index contributed by atoms with van der Waals surface area (Å²) in [6.07, 6.45) is -4.50. The number of rotatable bonds is 7. The summed E-state index contributed by atoms with van der Waals surface area (Å²) >= 11 is 0.827. The van der Waals surface area contributed by atoms with Gasteiger partial charge in [-0.25, -0.2) is 9.37 Å². The van der Waals surface area contributed by atoms with Crippen LogP contribution >= 0.6 is 11.3 Å². The van der Waals surface area contributed by atoms with Crippen molar-refractivity contribution >= 4 is 32.6 Å². The Morgan fingerprint density at radius 1 is 1.23 bits per heavy atom. The highest BCUT2D eigenvalue weighted by Crippen LogP contribution is 2.35. The zero-order chi connectivity index (χ0) is 21.9. The van der Waals surface area contributed by atoms with Crippen molar-refractivity contribution in [2.45, 2.75) is 12.8 Å². The SMILES string of the molecule is COCCOCc1cc(F)cc(C(=O)Nc2nc3ccc(C(F)(F)F)cc3s2)c1O. The molecule has 0 aliphatic heterocycles. The number of amides is 1. The predicted molar refractivity (Wildman–Crippen MR) is 102 cm³/mol. The number of phenols is 1. The summed E-state index contributed by atoms with van der Waals surface area (Å²) < 4.78 is 62.7. The number of nitrogens with one attached hydrogen (secondary N) is 1. The van der Waals surface area contributed by atoms with E-state index >= 15 is 0 Å². The van der Waals surface area contributed by atoms with Crippen LogP contribution in [0.3, 0.4) is 0 Å². The van der Waals surface area contributed by atoms with Crippen molar-refractivity contribution in [3.8, 4) is 5.75 Å². The van der Waals surface area contributed by atoms with E-state index in [9.17, 15) is 27.5 Å². The predicted octanol–water partition coefficient (Wildman–Crippen LogP) is 4.58. The van der Waals surface area contributed by atoms with Crippen LogP contribution in [0.1, 0.15) is 21.5 Å². The number of aromatic nitrogens is 1. The number of anilines is 1. The smallest absolute Gasteiger partial charge is 0.416 e. The third-order valence-corrected chi connectivity index (χ3v) is 4.96. The molecule has 3 rings (SSSR count). The number of alkyl halides is 3. The summed E-state index contributed by atoms with van der Waals surface area (Å²) in [4.78, 5) is 16.6. The molecule has 6 nitrogen and oxygen atoms in total. The number of aromatic hydroxyl groups is 1. The number of methoxy groups -OCH3 is 1. The number of ether oxygens (including phenoxy) is 2. The molecule has 0 unspecified atom stereocenters. The molecule has 2 N–H and O–H groups in total. The highest BCUT2D eigenvalue weighted by Gasteiger charge is 2.30. The Balaban J connectivity index is 1.81. The number of nitrogens with zero attached hydrogens (tertiary/aromatic N) is 1. The fraction of sp³-hybridized carbons (Fsp3) is 0.263. The second-order valence-corrected chi connectivity index (χ2v) is 7.19. The van der Waals surface area contributed by atoms with Crippen LogP contribution in [0.15, 0.2) is 30.3 Å². The molecule has 0 saturated carbocycles. The lowest BCUT2D eigenvalue weighted by Crippen LogP contribution is -2.13. The van der Waals surface area contributed by atoms with Gasteiger partial charge in [0, 0.05) is 12.7 Å². The number of phenolic OH excluding ortho intramolecular Hbond substituents is 1. The Morgan fingerprint density at radius 2 is 2.00 bits per heavy atom. The molecule has 1 heterocycles. The van der Waals surface area contributed by atoms with Gasteiger partial charge in [0.05, 0.1) is 41.2 Å². The monoisotopic (exact) mass is 444 g/mol. The van der Waals surface area contributed by atoms with E-state index in [0.717, 1.165) is 35.6 Å². The first kappa shape index (κ1) is 21.9. The number of halogens is 4. The quantitative estimate of drug-likeness (QED) is 0.412. The van der Waals surface area contributed by atoms with E-state index in [1.165, 1.54) is 13.2 Å². The maximum Gasteiger partial charge on any atom is 0.416 e. The Labute approximate surface area is 172 Å². The second-order valence-electron chi connectivity index (χ2n) is 6.16. The van der Waals surface area contributed by atoms with Crippen molar-refractivity contribution < 1.29 is 36.9 Å². The van der Waals surface area contributed by atoms with E-state index in [2.05, 4.69) is 10.3 Å². The van der Waals surface area contributed by atoms with E-state index in [1.807, 2.05) is 0 Å². The van der Waals surface area contributed by atoms with Crippen molar-refractivity contribution in [2.24, 2.45) is 0 Å². The van der Waals surface area contributed by atoms with Crippen LogP contribution in [0.2, 0.25) is 0 Å². The third-order valence-electron chi connectivity index (χ3n) is 4.02. The van der Waals surface area contributed by atoms with Gasteiger partial charge in [-0.2, -0.15) is 13.2 Å². The lowest BCUT2D eigenvalue weighted by molar-refractivity contribution is -0.137. The maximum absolute atomic E-state index is 13.9. The first-order valence-corrected chi connectivity index (χ1v) is 9.38. The van der Waals surface area contributed by atoms with Gasteiger partial charge < -0.3 is 14.6 Å². The molecule has 0 bridgehead atoms. The molecule has 3 aromatic rings. The van der Waals surface area contributed by atoms with Crippen molar-refractivity contribution in [1.82, 2.24) is 4.98 Å². The number of hydrogen-bond donors (Lipinski definition) is 2. The minimum Gasteiger partial charge on any atom is -0.507 e. The van der Waals surface area contributed by atoms with Crippen LogP contribution in [0.25, 0.3) is 10.2 Å².